The second-order valence-corrected chi connectivity index (χ2v) is 26.5. The topological polar surface area (TPSA) is 30.7 Å². The molecule has 0 unspecified atom stereocenters. The average Bonchev–Trinajstić information content (AvgIpc) is 3.78. The van der Waals surface area contributed by atoms with Crippen molar-refractivity contribution in [3.63, 3.8) is 0 Å². The molecule has 0 aliphatic carbocycles. The van der Waals surface area contributed by atoms with E-state index in [-0.39, 0.29) is 31.2 Å². The number of aromatic nitrogens is 3. The summed E-state index contributed by atoms with van der Waals surface area (Å²) in [6.07, 6.45) is 1.76. The van der Waals surface area contributed by atoms with Crippen LogP contribution in [0.5, 0.6) is 0 Å². The summed E-state index contributed by atoms with van der Waals surface area (Å²) in [5.41, 5.74) is 6.81. The largest absolute Gasteiger partial charge is 0 e. The van der Waals surface area contributed by atoms with Gasteiger partial charge in [-0.3, -0.25) is 4.98 Å². The SMILES string of the molecule is Cc1c[c-]c(-c2nc3ccc4ccccc4c3n2-c2ccccc2)c2sc3ccccc3c12.[2H]C([2H])([2H])c1c[c-]c(-c2cc(C([2H])(C)C)[c]([Ge]([CH3])([CH3])[CH3])cn2)c(F)c1.[Ir]. The number of hydrogen-bond donors (Lipinski definition) is 0. The van der Waals surface area contributed by atoms with Crippen LogP contribution in [0.1, 0.15) is 41.9 Å². The van der Waals surface area contributed by atoms with Crippen LogP contribution in [0, 0.1) is 31.7 Å². The van der Waals surface area contributed by atoms with Gasteiger partial charge in [0.2, 0.25) is 0 Å². The average molecular weight is 981 g/mol. The maximum absolute atomic E-state index is 14.5. The quantitative estimate of drug-likeness (QED) is 0.127. The maximum Gasteiger partial charge on any atom is 0 e. The Morgan fingerprint density at radius 2 is 1.56 bits per heavy atom. The third kappa shape index (κ3) is 7.34. The fourth-order valence-corrected chi connectivity index (χ4v) is 11.8. The normalized spacial score (nSPS) is 13.1. The Hall–Kier alpha value is -4.46. The molecule has 3 nitrogen and oxygen atoms in total. The summed E-state index contributed by atoms with van der Waals surface area (Å²) >= 11 is -0.421. The van der Waals surface area contributed by atoms with Crippen LogP contribution in [0.3, 0.4) is 0 Å². The number of nitrogens with zero attached hydrogens (tertiary/aromatic N) is 3. The number of benzene rings is 6. The summed E-state index contributed by atoms with van der Waals surface area (Å²) in [6.45, 7) is 3.42. The van der Waals surface area contributed by atoms with E-state index in [2.05, 4.69) is 143 Å². The van der Waals surface area contributed by atoms with E-state index in [0.717, 1.165) is 44.1 Å². The number of imidazole rings is 1. The molecule has 7 heteroatoms. The van der Waals surface area contributed by atoms with Crippen molar-refractivity contribution in [2.75, 3.05) is 0 Å². The minimum Gasteiger partial charge on any atom is 0 e. The summed E-state index contributed by atoms with van der Waals surface area (Å²) in [5.74, 6) is 6.11. The summed E-state index contributed by atoms with van der Waals surface area (Å²) in [6, 6.07) is 44.5. The first-order chi connectivity index (χ1) is 27.5. The number of para-hydroxylation sites is 1. The Balaban J connectivity index is 0.000000184. The monoisotopic (exact) mass is 982 g/mol. The first-order valence-corrected chi connectivity index (χ1v) is 26.2. The zero-order chi connectivity index (χ0) is 41.1. The number of pyridine rings is 1. The van der Waals surface area contributed by atoms with Crippen molar-refractivity contribution >= 4 is 71.0 Å². The molecule has 3 heterocycles. The van der Waals surface area contributed by atoms with Crippen molar-refractivity contribution in [1.29, 1.82) is 0 Å². The van der Waals surface area contributed by atoms with Gasteiger partial charge in [-0.15, -0.1) is 17.7 Å². The van der Waals surface area contributed by atoms with Gasteiger partial charge in [0.1, 0.15) is 0 Å². The van der Waals surface area contributed by atoms with E-state index in [0.29, 0.717) is 5.69 Å². The first kappa shape index (κ1) is 33.8. The molecule has 3 aromatic heterocycles. The fraction of sp³-hybridized carbons (Fsp3) is 0.167. The Bertz CT molecular complexity index is 3000. The Labute approximate surface area is 348 Å². The predicted octanol–water partition coefficient (Wildman–Crippen LogP) is 13.0. The third-order valence-corrected chi connectivity index (χ3v) is 15.2. The summed E-state index contributed by atoms with van der Waals surface area (Å²) in [4.78, 5) is 9.59. The molecule has 9 rings (SSSR count). The number of aryl methyl sites for hydroxylation is 2. The van der Waals surface area contributed by atoms with Gasteiger partial charge < -0.3 is 4.57 Å². The van der Waals surface area contributed by atoms with Crippen LogP contribution in [0.2, 0.25) is 17.3 Å². The molecule has 0 aliphatic rings. The molecule has 0 N–H and O–H groups in total. The molecule has 0 fully saturated rings. The van der Waals surface area contributed by atoms with Crippen LogP contribution < -0.4 is 4.40 Å². The van der Waals surface area contributed by atoms with Crippen LogP contribution >= 0.6 is 11.3 Å². The van der Waals surface area contributed by atoms with Gasteiger partial charge in [-0.1, -0.05) is 84.6 Å². The smallest absolute Gasteiger partial charge is 0 e. The Morgan fingerprint density at radius 1 is 0.855 bits per heavy atom. The van der Waals surface area contributed by atoms with Gasteiger partial charge in [-0.05, 0) is 39.7 Å². The number of rotatable bonds is 5. The van der Waals surface area contributed by atoms with Crippen molar-refractivity contribution in [1.82, 2.24) is 14.5 Å². The second-order valence-electron chi connectivity index (χ2n) is 14.9. The van der Waals surface area contributed by atoms with Crippen LogP contribution in [0.25, 0.3) is 70.3 Å². The van der Waals surface area contributed by atoms with Gasteiger partial charge in [0.25, 0.3) is 0 Å². The van der Waals surface area contributed by atoms with Crippen molar-refractivity contribution < 1.29 is 30.0 Å². The molecule has 6 aromatic carbocycles. The molecule has 277 valence electrons. The number of fused-ring (bicyclic) bond motifs is 6. The number of halogens is 1. The van der Waals surface area contributed by atoms with Gasteiger partial charge in [-0.25, -0.2) is 0 Å². The molecule has 1 radical (unpaired) electrons. The molecule has 0 saturated heterocycles. The fourth-order valence-electron chi connectivity index (χ4n) is 7.20. The molecule has 55 heavy (non-hydrogen) atoms. The van der Waals surface area contributed by atoms with Crippen LogP contribution in [0.4, 0.5) is 4.39 Å². The first-order valence-electron chi connectivity index (χ1n) is 20.0. The summed E-state index contributed by atoms with van der Waals surface area (Å²) < 4.78 is 51.0. The zero-order valence-electron chi connectivity index (χ0n) is 35.5. The second kappa shape index (κ2) is 15.6. The molecular formula is C48H42FGeIrN3S-2. The zero-order valence-corrected chi connectivity index (χ0v) is 36.8. The molecular weight excluding hydrogens is 934 g/mol. The summed E-state index contributed by atoms with van der Waals surface area (Å²) in [7, 11) is 0. The Morgan fingerprint density at radius 3 is 2.29 bits per heavy atom. The van der Waals surface area contributed by atoms with E-state index >= 15 is 0 Å². The molecule has 0 amide bonds. The molecule has 0 atom stereocenters. The van der Waals surface area contributed by atoms with Crippen molar-refractivity contribution in [3.05, 3.63) is 156 Å². The minimum absolute atomic E-state index is 0. The van der Waals surface area contributed by atoms with E-state index in [1.807, 2.05) is 11.3 Å². The van der Waals surface area contributed by atoms with Crippen LogP contribution in [0.15, 0.2) is 121 Å². The molecule has 0 bridgehead atoms. The third-order valence-electron chi connectivity index (χ3n) is 9.83. The van der Waals surface area contributed by atoms with E-state index in [4.69, 9.17) is 10.5 Å². The molecule has 0 saturated carbocycles. The van der Waals surface area contributed by atoms with E-state index < -0.39 is 31.8 Å². The van der Waals surface area contributed by atoms with Crippen LogP contribution in [-0.4, -0.2) is 27.8 Å². The Kier molecular flexibility index (Phi) is 9.59. The summed E-state index contributed by atoms with van der Waals surface area (Å²) in [5, 5.41) is 5.03. The van der Waals surface area contributed by atoms with Crippen molar-refractivity contribution in [2.45, 2.75) is 50.8 Å². The number of hydrogen-bond acceptors (Lipinski definition) is 3. The van der Waals surface area contributed by atoms with E-state index in [1.165, 1.54) is 42.6 Å². The van der Waals surface area contributed by atoms with Crippen molar-refractivity contribution in [3.8, 4) is 28.3 Å². The van der Waals surface area contributed by atoms with Crippen molar-refractivity contribution in [2.24, 2.45) is 0 Å². The van der Waals surface area contributed by atoms with Gasteiger partial charge in [0.05, 0.1) is 16.9 Å². The standard InChI is InChI=1S/C30H19N2S.C18H23FGeN.Ir/c1-19-15-17-24(29-27(19)23-13-7-8-14-26(23)33-29)30-31-25-18-16-20-9-5-6-12-22(20)28(25)32(30)21-10-3-2-4-11-21;1-12(2)15-10-18(21-11-17(15)20(4,5)6)14-8-7-13(3)9-16(14)19;/h2-16,18H,1H3;7,9-12H,1-6H3;/q2*-1;/i;3D3,12D;. The molecule has 0 aliphatic heterocycles. The van der Waals surface area contributed by atoms with E-state index in [9.17, 15) is 4.39 Å². The van der Waals surface area contributed by atoms with Gasteiger partial charge in [-0.2, -0.15) is 11.3 Å². The minimum atomic E-state index is -2.37. The predicted molar refractivity (Wildman–Crippen MR) is 231 cm³/mol. The van der Waals surface area contributed by atoms with Crippen LogP contribution in [-0.2, 0) is 20.1 Å². The molecule has 9 aromatic rings. The van der Waals surface area contributed by atoms with Gasteiger partial charge in [0.15, 0.2) is 0 Å². The maximum atomic E-state index is 14.5. The van der Waals surface area contributed by atoms with E-state index in [1.54, 1.807) is 26.1 Å². The molecule has 0 spiro atoms. The van der Waals surface area contributed by atoms with Gasteiger partial charge in [0, 0.05) is 35.9 Å². The van der Waals surface area contributed by atoms with Gasteiger partial charge >= 0.3 is 135 Å². The number of thiophene rings is 1.